The molecular weight excluding hydrogens is 284 g/mol. The highest BCUT2D eigenvalue weighted by Crippen LogP contribution is 2.35. The van der Waals surface area contributed by atoms with Crippen molar-refractivity contribution in [2.24, 2.45) is 0 Å². The second-order valence-corrected chi connectivity index (χ2v) is 6.99. The van der Waals surface area contributed by atoms with Crippen molar-refractivity contribution in [2.45, 2.75) is 31.3 Å². The van der Waals surface area contributed by atoms with Gasteiger partial charge in [0.15, 0.2) is 0 Å². The van der Waals surface area contributed by atoms with E-state index in [2.05, 4.69) is 0 Å². The highest BCUT2D eigenvalue weighted by Gasteiger charge is 2.34. The molecule has 1 fully saturated rings. The summed E-state index contributed by atoms with van der Waals surface area (Å²) < 4.78 is 1.02. The Labute approximate surface area is 128 Å². The van der Waals surface area contributed by atoms with Crippen LogP contribution in [0, 0.1) is 0 Å². The monoisotopic (exact) mass is 304 g/mol. The number of hydrogen-bond donors (Lipinski definition) is 2. The minimum Gasteiger partial charge on any atom is -0.397 e. The second kappa shape index (κ2) is 5.31. The van der Waals surface area contributed by atoms with Gasteiger partial charge in [0.2, 0.25) is 0 Å². The van der Waals surface area contributed by atoms with Gasteiger partial charge in [-0.05, 0) is 18.9 Å². The molecule has 2 aromatic rings. The Hall–Kier alpha value is -1.59. The van der Waals surface area contributed by atoms with Gasteiger partial charge < -0.3 is 15.7 Å². The number of aliphatic hydroxyl groups is 1. The molecule has 1 heterocycles. The van der Waals surface area contributed by atoms with Crippen LogP contribution in [0.25, 0.3) is 10.1 Å². The molecule has 21 heavy (non-hydrogen) atoms. The standard InChI is InChI=1S/C16H20N2O2S/c1-18(10-16(20)8-4-5-9-16)15(19)14-13(17)11-6-2-3-7-12(11)21-14/h2-3,6-7,20H,4-5,8-10,17H2,1H3. The van der Waals surface area contributed by atoms with Crippen molar-refractivity contribution in [1.82, 2.24) is 4.90 Å². The molecule has 0 unspecified atom stereocenters. The molecule has 3 rings (SSSR count). The zero-order valence-corrected chi connectivity index (χ0v) is 12.9. The van der Waals surface area contributed by atoms with Crippen LogP contribution in [0.2, 0.25) is 0 Å². The van der Waals surface area contributed by atoms with Gasteiger partial charge in [0.05, 0.1) is 11.3 Å². The smallest absolute Gasteiger partial charge is 0.265 e. The summed E-state index contributed by atoms with van der Waals surface area (Å²) in [5, 5.41) is 11.4. The molecule has 0 radical (unpaired) electrons. The third kappa shape index (κ3) is 2.63. The predicted octanol–water partition coefficient (Wildman–Crippen LogP) is 2.86. The van der Waals surface area contributed by atoms with Gasteiger partial charge >= 0.3 is 0 Å². The van der Waals surface area contributed by atoms with E-state index in [4.69, 9.17) is 5.73 Å². The average Bonchev–Trinajstić information content (AvgIpc) is 3.03. The Kier molecular flexibility index (Phi) is 3.63. The molecule has 1 amide bonds. The van der Waals surface area contributed by atoms with Crippen LogP contribution in [-0.2, 0) is 0 Å². The fourth-order valence-electron chi connectivity index (χ4n) is 3.10. The van der Waals surface area contributed by atoms with E-state index in [1.165, 1.54) is 11.3 Å². The summed E-state index contributed by atoms with van der Waals surface area (Å²) in [4.78, 5) is 14.8. The first-order valence-corrected chi connectivity index (χ1v) is 8.07. The third-order valence-electron chi connectivity index (χ3n) is 4.24. The Morgan fingerprint density at radius 3 is 2.71 bits per heavy atom. The summed E-state index contributed by atoms with van der Waals surface area (Å²) in [6.45, 7) is 0.375. The fraction of sp³-hybridized carbons (Fsp3) is 0.438. The lowest BCUT2D eigenvalue weighted by molar-refractivity contribution is 0.0159. The number of carbonyl (C=O) groups is 1. The number of nitrogens with two attached hydrogens (primary N) is 1. The Morgan fingerprint density at radius 1 is 1.38 bits per heavy atom. The van der Waals surface area contributed by atoms with E-state index in [0.717, 1.165) is 35.8 Å². The van der Waals surface area contributed by atoms with Crippen molar-refractivity contribution in [2.75, 3.05) is 19.3 Å². The average molecular weight is 304 g/mol. The molecule has 1 aliphatic carbocycles. The number of fused-ring (bicyclic) bond motifs is 1. The fourth-order valence-corrected chi connectivity index (χ4v) is 4.22. The van der Waals surface area contributed by atoms with Crippen molar-refractivity contribution in [1.29, 1.82) is 0 Å². The van der Waals surface area contributed by atoms with E-state index in [1.807, 2.05) is 24.3 Å². The number of nitrogen functional groups attached to an aromatic ring is 1. The van der Waals surface area contributed by atoms with Gasteiger partial charge in [0, 0.05) is 23.7 Å². The summed E-state index contributed by atoms with van der Waals surface area (Å²) in [6, 6.07) is 7.77. The number of rotatable bonds is 3. The van der Waals surface area contributed by atoms with E-state index in [1.54, 1.807) is 11.9 Å². The molecule has 0 spiro atoms. The number of hydrogen-bond acceptors (Lipinski definition) is 4. The summed E-state index contributed by atoms with van der Waals surface area (Å²) >= 11 is 1.42. The molecule has 5 heteroatoms. The minimum absolute atomic E-state index is 0.103. The first kappa shape index (κ1) is 14.4. The van der Waals surface area contributed by atoms with Gasteiger partial charge in [-0.1, -0.05) is 31.0 Å². The molecule has 0 atom stereocenters. The van der Waals surface area contributed by atoms with Gasteiger partial charge in [-0.25, -0.2) is 0 Å². The van der Waals surface area contributed by atoms with E-state index < -0.39 is 5.60 Å². The van der Waals surface area contributed by atoms with Gasteiger partial charge in [-0.2, -0.15) is 0 Å². The zero-order chi connectivity index (χ0) is 15.0. The number of carbonyl (C=O) groups excluding carboxylic acids is 1. The predicted molar refractivity (Wildman–Crippen MR) is 86.6 cm³/mol. The normalized spacial score (nSPS) is 17.2. The topological polar surface area (TPSA) is 66.6 Å². The molecule has 1 aliphatic rings. The first-order valence-electron chi connectivity index (χ1n) is 7.25. The maximum Gasteiger partial charge on any atom is 0.265 e. The van der Waals surface area contributed by atoms with Gasteiger partial charge in [0.1, 0.15) is 4.88 Å². The van der Waals surface area contributed by atoms with Crippen LogP contribution in [0.4, 0.5) is 5.69 Å². The van der Waals surface area contributed by atoms with Crippen molar-refractivity contribution < 1.29 is 9.90 Å². The van der Waals surface area contributed by atoms with Crippen LogP contribution in [0.3, 0.4) is 0 Å². The van der Waals surface area contributed by atoms with Crippen LogP contribution < -0.4 is 5.73 Å². The van der Waals surface area contributed by atoms with Crippen LogP contribution in [-0.4, -0.2) is 35.1 Å². The van der Waals surface area contributed by atoms with Crippen LogP contribution >= 0.6 is 11.3 Å². The van der Waals surface area contributed by atoms with Crippen LogP contribution in [0.1, 0.15) is 35.4 Å². The van der Waals surface area contributed by atoms with Crippen molar-refractivity contribution in [3.63, 3.8) is 0 Å². The summed E-state index contributed by atoms with van der Waals surface area (Å²) in [5.41, 5.74) is 5.94. The van der Waals surface area contributed by atoms with Gasteiger partial charge in [-0.15, -0.1) is 11.3 Å². The number of anilines is 1. The molecule has 0 bridgehead atoms. The number of likely N-dealkylation sites (N-methyl/N-ethyl adjacent to an activating group) is 1. The van der Waals surface area contributed by atoms with Crippen LogP contribution in [0.15, 0.2) is 24.3 Å². The third-order valence-corrected chi connectivity index (χ3v) is 5.42. The molecule has 0 saturated heterocycles. The molecule has 3 N–H and O–H groups in total. The molecule has 4 nitrogen and oxygen atoms in total. The minimum atomic E-state index is -0.726. The number of nitrogens with zero attached hydrogens (tertiary/aromatic N) is 1. The van der Waals surface area contributed by atoms with Crippen molar-refractivity contribution in [3.8, 4) is 0 Å². The summed E-state index contributed by atoms with van der Waals surface area (Å²) in [6.07, 6.45) is 3.60. The van der Waals surface area contributed by atoms with Crippen molar-refractivity contribution >= 4 is 33.0 Å². The quantitative estimate of drug-likeness (QED) is 0.916. The number of amides is 1. The van der Waals surface area contributed by atoms with E-state index in [-0.39, 0.29) is 5.91 Å². The Balaban J connectivity index is 1.84. The molecule has 1 saturated carbocycles. The summed E-state index contributed by atoms with van der Waals surface area (Å²) in [5.74, 6) is -0.103. The number of thiophene rings is 1. The van der Waals surface area contributed by atoms with E-state index in [0.29, 0.717) is 17.1 Å². The highest BCUT2D eigenvalue weighted by atomic mass is 32.1. The Morgan fingerprint density at radius 2 is 2.05 bits per heavy atom. The first-order chi connectivity index (χ1) is 10.0. The number of benzene rings is 1. The van der Waals surface area contributed by atoms with Gasteiger partial charge in [0.25, 0.3) is 5.91 Å². The Bertz CT molecular complexity index is 674. The summed E-state index contributed by atoms with van der Waals surface area (Å²) in [7, 11) is 1.74. The SMILES string of the molecule is CN(CC1(O)CCCC1)C(=O)c1sc2ccccc2c1N. The molecule has 1 aromatic carbocycles. The van der Waals surface area contributed by atoms with E-state index in [9.17, 15) is 9.90 Å². The van der Waals surface area contributed by atoms with E-state index >= 15 is 0 Å². The maximum absolute atomic E-state index is 12.6. The molecule has 1 aromatic heterocycles. The van der Waals surface area contributed by atoms with Crippen LogP contribution in [0.5, 0.6) is 0 Å². The second-order valence-electron chi connectivity index (χ2n) is 5.93. The lowest BCUT2D eigenvalue weighted by Crippen LogP contribution is -2.41. The lowest BCUT2D eigenvalue weighted by Gasteiger charge is -2.28. The highest BCUT2D eigenvalue weighted by molar-refractivity contribution is 7.21. The van der Waals surface area contributed by atoms with Crippen molar-refractivity contribution in [3.05, 3.63) is 29.1 Å². The maximum atomic E-state index is 12.6. The van der Waals surface area contributed by atoms with Gasteiger partial charge in [-0.3, -0.25) is 4.79 Å². The lowest BCUT2D eigenvalue weighted by atomic mass is 10.0. The zero-order valence-electron chi connectivity index (χ0n) is 12.1. The molecule has 0 aliphatic heterocycles. The molecule has 112 valence electrons. The largest absolute Gasteiger partial charge is 0.397 e. The molecular formula is C16H20N2O2S.